The van der Waals surface area contributed by atoms with Crippen LogP contribution in [0.15, 0.2) is 0 Å². The van der Waals surface area contributed by atoms with E-state index in [9.17, 15) is 0 Å². The Labute approximate surface area is 69.3 Å². The quantitative estimate of drug-likeness (QED) is 0.632. The molecule has 2 nitrogen and oxygen atoms in total. The summed E-state index contributed by atoms with van der Waals surface area (Å²) in [6, 6.07) is 0.848. The first-order chi connectivity index (χ1) is 5.24. The second-order valence-corrected chi connectivity index (χ2v) is 3.79. The van der Waals surface area contributed by atoms with Crippen LogP contribution in [0.3, 0.4) is 0 Å². The molecule has 0 amide bonds. The number of rotatable bonds is 2. The Hall–Kier alpha value is -0.0800. The summed E-state index contributed by atoms with van der Waals surface area (Å²) in [4.78, 5) is 0. The van der Waals surface area contributed by atoms with E-state index < -0.39 is 0 Å². The molecular formula is C9H20N2. The molecule has 3 atom stereocenters. The van der Waals surface area contributed by atoms with Gasteiger partial charge in [0.25, 0.3) is 0 Å². The van der Waals surface area contributed by atoms with Gasteiger partial charge in [-0.25, -0.2) is 0 Å². The van der Waals surface area contributed by atoms with Crippen molar-refractivity contribution in [2.24, 2.45) is 17.4 Å². The molecule has 1 aliphatic rings. The van der Waals surface area contributed by atoms with Gasteiger partial charge in [0.2, 0.25) is 0 Å². The van der Waals surface area contributed by atoms with Crippen molar-refractivity contribution >= 4 is 0 Å². The molecule has 4 N–H and O–H groups in total. The largest absolute Gasteiger partial charge is 0.328 e. The first kappa shape index (κ1) is 9.01. The third-order valence-electron chi connectivity index (χ3n) is 2.74. The van der Waals surface area contributed by atoms with Crippen LogP contribution in [-0.2, 0) is 0 Å². The number of hydrogen-bond acceptors (Lipinski definition) is 2. The number of hydrogen-bond donors (Lipinski definition) is 2. The minimum Gasteiger partial charge on any atom is -0.328 e. The highest BCUT2D eigenvalue weighted by atomic mass is 14.7. The summed E-state index contributed by atoms with van der Waals surface area (Å²) in [6.07, 6.45) is 5.90. The van der Waals surface area contributed by atoms with Crippen LogP contribution >= 0.6 is 0 Å². The third kappa shape index (κ3) is 2.46. The van der Waals surface area contributed by atoms with Crippen LogP contribution in [0.2, 0.25) is 0 Å². The third-order valence-corrected chi connectivity index (χ3v) is 2.74. The lowest BCUT2D eigenvalue weighted by Gasteiger charge is -2.32. The number of nitrogens with two attached hydrogens (primary N) is 2. The minimum absolute atomic E-state index is 0.423. The minimum atomic E-state index is 0.423. The molecule has 3 unspecified atom stereocenters. The molecule has 1 fully saturated rings. The standard InChI is InChI=1S/C9H20N2/c1-2-3-7-6-8(10)4-5-9(7)11/h7-9H,2-6,10-11H2,1H3. The molecule has 0 aromatic heterocycles. The van der Waals surface area contributed by atoms with Crippen LogP contribution < -0.4 is 11.5 Å². The maximum absolute atomic E-state index is 5.97. The zero-order valence-electron chi connectivity index (χ0n) is 7.42. The second kappa shape index (κ2) is 4.07. The van der Waals surface area contributed by atoms with E-state index in [1.54, 1.807) is 0 Å². The van der Waals surface area contributed by atoms with Crippen molar-refractivity contribution in [3.8, 4) is 0 Å². The van der Waals surface area contributed by atoms with E-state index in [4.69, 9.17) is 11.5 Å². The molecule has 66 valence electrons. The van der Waals surface area contributed by atoms with Gasteiger partial charge in [0.05, 0.1) is 0 Å². The molecule has 0 aromatic rings. The molecule has 1 aliphatic carbocycles. The second-order valence-electron chi connectivity index (χ2n) is 3.79. The Balaban J connectivity index is 2.34. The molecule has 0 saturated heterocycles. The van der Waals surface area contributed by atoms with Crippen LogP contribution in [0.1, 0.15) is 39.0 Å². The summed E-state index contributed by atoms with van der Waals surface area (Å²) in [5.74, 6) is 0.698. The lowest BCUT2D eigenvalue weighted by molar-refractivity contribution is 0.264. The van der Waals surface area contributed by atoms with Gasteiger partial charge < -0.3 is 11.5 Å². The molecule has 1 saturated carbocycles. The highest BCUT2D eigenvalue weighted by Gasteiger charge is 2.24. The normalized spacial score (nSPS) is 39.0. The van der Waals surface area contributed by atoms with Gasteiger partial charge in [0.1, 0.15) is 0 Å². The average Bonchev–Trinajstić information content (AvgIpc) is 1.98. The Bertz CT molecular complexity index is 114. The van der Waals surface area contributed by atoms with Gasteiger partial charge in [-0.05, 0) is 31.6 Å². The topological polar surface area (TPSA) is 52.0 Å². The van der Waals surface area contributed by atoms with E-state index >= 15 is 0 Å². The first-order valence-electron chi connectivity index (χ1n) is 4.75. The van der Waals surface area contributed by atoms with Crippen LogP contribution in [0.25, 0.3) is 0 Å². The first-order valence-corrected chi connectivity index (χ1v) is 4.75. The van der Waals surface area contributed by atoms with E-state index in [-0.39, 0.29) is 0 Å². The maximum Gasteiger partial charge on any atom is 0.00683 e. The summed E-state index contributed by atoms with van der Waals surface area (Å²) in [7, 11) is 0. The Morgan fingerprint density at radius 2 is 2.00 bits per heavy atom. The van der Waals surface area contributed by atoms with E-state index in [2.05, 4.69) is 6.92 Å². The van der Waals surface area contributed by atoms with E-state index in [0.717, 1.165) is 19.3 Å². The molecule has 1 rings (SSSR count). The predicted octanol–water partition coefficient (Wildman–Crippen LogP) is 1.24. The SMILES string of the molecule is CCCC1CC(N)CCC1N. The zero-order valence-corrected chi connectivity index (χ0v) is 7.42. The Morgan fingerprint density at radius 1 is 1.27 bits per heavy atom. The maximum atomic E-state index is 5.97. The molecule has 0 bridgehead atoms. The van der Waals surface area contributed by atoms with Crippen molar-refractivity contribution < 1.29 is 0 Å². The molecule has 11 heavy (non-hydrogen) atoms. The monoisotopic (exact) mass is 156 g/mol. The molecule has 0 heterocycles. The van der Waals surface area contributed by atoms with Crippen LogP contribution in [0.4, 0.5) is 0 Å². The summed E-state index contributed by atoms with van der Waals surface area (Å²) in [6.45, 7) is 2.22. The zero-order chi connectivity index (χ0) is 8.27. The summed E-state index contributed by atoms with van der Waals surface area (Å²) in [5.41, 5.74) is 11.8. The molecule has 0 aromatic carbocycles. The molecule has 2 heteroatoms. The van der Waals surface area contributed by atoms with Crippen molar-refractivity contribution in [2.75, 3.05) is 0 Å². The lowest BCUT2D eigenvalue weighted by Crippen LogP contribution is -2.40. The Kier molecular flexibility index (Phi) is 3.34. The molecular weight excluding hydrogens is 136 g/mol. The van der Waals surface area contributed by atoms with Gasteiger partial charge in [-0.3, -0.25) is 0 Å². The van der Waals surface area contributed by atoms with Crippen LogP contribution in [0, 0.1) is 5.92 Å². The fourth-order valence-corrected chi connectivity index (χ4v) is 2.03. The smallest absolute Gasteiger partial charge is 0.00683 e. The van der Waals surface area contributed by atoms with E-state index in [0.29, 0.717) is 18.0 Å². The van der Waals surface area contributed by atoms with Crippen molar-refractivity contribution in [3.05, 3.63) is 0 Å². The average molecular weight is 156 g/mol. The van der Waals surface area contributed by atoms with Crippen LogP contribution in [-0.4, -0.2) is 12.1 Å². The molecule has 0 aliphatic heterocycles. The van der Waals surface area contributed by atoms with Crippen LogP contribution in [0.5, 0.6) is 0 Å². The summed E-state index contributed by atoms with van der Waals surface area (Å²) >= 11 is 0. The molecule has 0 spiro atoms. The molecule has 0 radical (unpaired) electrons. The summed E-state index contributed by atoms with van der Waals surface area (Å²) in [5, 5.41) is 0. The highest BCUT2D eigenvalue weighted by molar-refractivity contribution is 4.83. The lowest BCUT2D eigenvalue weighted by atomic mass is 9.80. The highest BCUT2D eigenvalue weighted by Crippen LogP contribution is 2.25. The summed E-state index contributed by atoms with van der Waals surface area (Å²) < 4.78 is 0. The van der Waals surface area contributed by atoms with Gasteiger partial charge in [-0.1, -0.05) is 13.3 Å². The van der Waals surface area contributed by atoms with E-state index in [1.165, 1.54) is 12.8 Å². The predicted molar refractivity (Wildman–Crippen MR) is 48.2 cm³/mol. The van der Waals surface area contributed by atoms with Gasteiger partial charge in [-0.15, -0.1) is 0 Å². The van der Waals surface area contributed by atoms with E-state index in [1.807, 2.05) is 0 Å². The van der Waals surface area contributed by atoms with Gasteiger partial charge >= 0.3 is 0 Å². The fraction of sp³-hybridized carbons (Fsp3) is 1.00. The van der Waals surface area contributed by atoms with Crippen molar-refractivity contribution in [1.29, 1.82) is 0 Å². The van der Waals surface area contributed by atoms with Crippen molar-refractivity contribution in [3.63, 3.8) is 0 Å². The van der Waals surface area contributed by atoms with Crippen molar-refractivity contribution in [1.82, 2.24) is 0 Å². The fourth-order valence-electron chi connectivity index (χ4n) is 2.03. The van der Waals surface area contributed by atoms with Gasteiger partial charge in [0.15, 0.2) is 0 Å². The van der Waals surface area contributed by atoms with Gasteiger partial charge in [-0.2, -0.15) is 0 Å². The Morgan fingerprint density at radius 3 is 2.64 bits per heavy atom. The van der Waals surface area contributed by atoms with Crippen molar-refractivity contribution in [2.45, 2.75) is 51.1 Å². The van der Waals surface area contributed by atoms with Gasteiger partial charge in [0, 0.05) is 12.1 Å².